The third kappa shape index (κ3) is 17.7. The lowest BCUT2D eigenvalue weighted by Gasteiger charge is -2.50. The summed E-state index contributed by atoms with van der Waals surface area (Å²) in [6.45, 7) is 6.90. The Labute approximate surface area is 363 Å². The van der Waals surface area contributed by atoms with E-state index in [9.17, 15) is 14.7 Å². The molecule has 0 amide bonds. The van der Waals surface area contributed by atoms with E-state index < -0.39 is 0 Å². The van der Waals surface area contributed by atoms with Crippen LogP contribution in [0.4, 0.5) is 0 Å². The molecule has 5 heteroatoms. The summed E-state index contributed by atoms with van der Waals surface area (Å²) in [4.78, 5) is 26.9. The van der Waals surface area contributed by atoms with Gasteiger partial charge in [-0.2, -0.15) is 0 Å². The quantitative estimate of drug-likeness (QED) is 0.0554. The first-order valence-corrected chi connectivity index (χ1v) is 26.1. The number of carbonyl (C=O) groups excluding carboxylic acids is 2. The Morgan fingerprint density at radius 3 is 1.47 bits per heavy atom. The summed E-state index contributed by atoms with van der Waals surface area (Å²) >= 11 is 0. The highest BCUT2D eigenvalue weighted by molar-refractivity contribution is 5.71. The maximum absolute atomic E-state index is 13.5. The zero-order valence-corrected chi connectivity index (χ0v) is 38.9. The Morgan fingerprint density at radius 1 is 0.593 bits per heavy atom. The average Bonchev–Trinajstić information content (AvgIpc) is 3.50. The topological polar surface area (TPSA) is 72.8 Å². The minimum atomic E-state index is -0.372. The van der Waals surface area contributed by atoms with E-state index in [0.29, 0.717) is 36.3 Å². The first-order chi connectivity index (χ1) is 28.9. The van der Waals surface area contributed by atoms with Crippen LogP contribution in [0.3, 0.4) is 0 Å². The minimum Gasteiger partial charge on any atom is -0.508 e. The first-order valence-electron chi connectivity index (χ1n) is 26.1. The molecule has 1 aromatic rings. The summed E-state index contributed by atoms with van der Waals surface area (Å²) in [6, 6.07) is 5.94. The van der Waals surface area contributed by atoms with E-state index in [-0.39, 0.29) is 29.6 Å². The largest absolute Gasteiger partial charge is 0.508 e. The highest BCUT2D eigenvalue weighted by Gasteiger charge is 2.61. The Hall–Kier alpha value is -2.04. The van der Waals surface area contributed by atoms with Gasteiger partial charge in [-0.1, -0.05) is 207 Å². The van der Waals surface area contributed by atoms with E-state index in [0.717, 1.165) is 57.8 Å². The molecule has 3 aliphatic rings. The number of benzene rings is 1. The van der Waals surface area contributed by atoms with Gasteiger partial charge >= 0.3 is 11.9 Å². The third-order valence-electron chi connectivity index (χ3n) is 15.1. The van der Waals surface area contributed by atoms with Crippen molar-refractivity contribution in [3.63, 3.8) is 0 Å². The SMILES string of the molecule is CCCCCCCCCCCCCCCCCC(=O)O[C@@H]1C[C@H]2[C@@H]3CCc4cc(O)ccc4[C@H]3CC[C@]2(C)[C@H]1OC(=O)CCCCCCCCCCCCCCCCC. The predicted molar refractivity (Wildman–Crippen MR) is 247 cm³/mol. The van der Waals surface area contributed by atoms with Crippen LogP contribution in [0, 0.1) is 17.3 Å². The molecule has 1 N–H and O–H groups in total. The molecule has 3 aliphatic carbocycles. The van der Waals surface area contributed by atoms with Crippen molar-refractivity contribution in [2.75, 3.05) is 0 Å². The lowest BCUT2D eigenvalue weighted by molar-refractivity contribution is -0.174. The number of ether oxygens (including phenoxy) is 2. The number of phenolic OH excluding ortho intramolecular Hbond substituents is 1. The number of hydrogen-bond donors (Lipinski definition) is 1. The molecule has 338 valence electrons. The molecule has 1 aromatic carbocycles. The smallest absolute Gasteiger partial charge is 0.306 e. The van der Waals surface area contributed by atoms with E-state index in [1.165, 1.54) is 178 Å². The van der Waals surface area contributed by atoms with Crippen molar-refractivity contribution in [1.29, 1.82) is 0 Å². The Kier molecular flexibility index (Phi) is 24.6. The van der Waals surface area contributed by atoms with E-state index in [2.05, 4.69) is 26.8 Å². The molecule has 0 heterocycles. The van der Waals surface area contributed by atoms with Crippen molar-refractivity contribution in [2.45, 2.75) is 276 Å². The monoisotopic (exact) mass is 821 g/mol. The minimum absolute atomic E-state index is 0.110. The van der Waals surface area contributed by atoms with Crippen LogP contribution in [-0.4, -0.2) is 29.3 Å². The third-order valence-corrected chi connectivity index (χ3v) is 15.1. The van der Waals surface area contributed by atoms with Gasteiger partial charge in [-0.25, -0.2) is 0 Å². The number of fused-ring (bicyclic) bond motifs is 5. The Bertz CT molecular complexity index is 1280. The average molecular weight is 821 g/mol. The van der Waals surface area contributed by atoms with Gasteiger partial charge < -0.3 is 14.6 Å². The van der Waals surface area contributed by atoms with Crippen LogP contribution < -0.4 is 0 Å². The van der Waals surface area contributed by atoms with Gasteiger partial charge in [-0.3, -0.25) is 9.59 Å². The van der Waals surface area contributed by atoms with Gasteiger partial charge in [-0.05, 0) is 86.0 Å². The molecule has 0 aliphatic heterocycles. The van der Waals surface area contributed by atoms with Crippen molar-refractivity contribution < 1.29 is 24.2 Å². The Balaban J connectivity index is 1.16. The second kappa shape index (κ2) is 29.3. The van der Waals surface area contributed by atoms with Crippen LogP contribution in [-0.2, 0) is 25.5 Å². The molecule has 4 rings (SSSR count). The number of carbonyl (C=O) groups is 2. The zero-order valence-electron chi connectivity index (χ0n) is 38.9. The van der Waals surface area contributed by atoms with Crippen LogP contribution in [0.15, 0.2) is 18.2 Å². The molecule has 5 nitrogen and oxygen atoms in total. The summed E-state index contributed by atoms with van der Waals surface area (Å²) in [7, 11) is 0. The molecular weight excluding hydrogens is 729 g/mol. The van der Waals surface area contributed by atoms with Crippen molar-refractivity contribution >= 4 is 11.9 Å². The highest BCUT2D eigenvalue weighted by Crippen LogP contribution is 2.62. The lowest BCUT2D eigenvalue weighted by atomic mass is 9.55. The fourth-order valence-electron chi connectivity index (χ4n) is 11.5. The van der Waals surface area contributed by atoms with Crippen molar-refractivity contribution in [3.05, 3.63) is 29.3 Å². The molecule has 0 spiro atoms. The maximum Gasteiger partial charge on any atom is 0.306 e. The van der Waals surface area contributed by atoms with Gasteiger partial charge in [0.25, 0.3) is 0 Å². The molecule has 0 radical (unpaired) electrons. The molecule has 0 unspecified atom stereocenters. The summed E-state index contributed by atoms with van der Waals surface area (Å²) in [6.07, 6.45) is 44.2. The summed E-state index contributed by atoms with van der Waals surface area (Å²) < 4.78 is 12.8. The highest BCUT2D eigenvalue weighted by atomic mass is 16.6. The van der Waals surface area contributed by atoms with Crippen LogP contribution in [0.25, 0.3) is 0 Å². The molecule has 0 bridgehead atoms. The molecule has 6 atom stereocenters. The van der Waals surface area contributed by atoms with Gasteiger partial charge in [0.1, 0.15) is 18.0 Å². The normalized spacial score (nSPS) is 23.4. The van der Waals surface area contributed by atoms with E-state index in [1.54, 1.807) is 0 Å². The Morgan fingerprint density at radius 2 is 1.02 bits per heavy atom. The number of phenols is 1. The first kappa shape index (κ1) is 49.6. The second-order valence-electron chi connectivity index (χ2n) is 19.9. The van der Waals surface area contributed by atoms with E-state index >= 15 is 0 Å². The fraction of sp³-hybridized carbons (Fsp3) is 0.852. The molecule has 0 saturated heterocycles. The van der Waals surface area contributed by atoms with Gasteiger partial charge in [0.15, 0.2) is 0 Å². The summed E-state index contributed by atoms with van der Waals surface area (Å²) in [5.74, 6) is 1.39. The van der Waals surface area contributed by atoms with Crippen LogP contribution in [0.5, 0.6) is 5.75 Å². The maximum atomic E-state index is 13.5. The molecule has 59 heavy (non-hydrogen) atoms. The number of hydrogen-bond acceptors (Lipinski definition) is 5. The molecule has 0 aromatic heterocycles. The molecule has 2 fully saturated rings. The summed E-state index contributed by atoms with van der Waals surface area (Å²) in [5.41, 5.74) is 2.47. The van der Waals surface area contributed by atoms with Crippen LogP contribution in [0.1, 0.15) is 269 Å². The van der Waals surface area contributed by atoms with Crippen molar-refractivity contribution in [3.8, 4) is 5.75 Å². The van der Waals surface area contributed by atoms with Gasteiger partial charge in [0, 0.05) is 18.3 Å². The number of unbranched alkanes of at least 4 members (excludes halogenated alkanes) is 28. The fourth-order valence-corrected chi connectivity index (χ4v) is 11.5. The van der Waals surface area contributed by atoms with Crippen molar-refractivity contribution in [2.24, 2.45) is 17.3 Å². The van der Waals surface area contributed by atoms with Crippen LogP contribution in [0.2, 0.25) is 0 Å². The van der Waals surface area contributed by atoms with Gasteiger partial charge in [-0.15, -0.1) is 0 Å². The van der Waals surface area contributed by atoms with Gasteiger partial charge in [0.05, 0.1) is 0 Å². The van der Waals surface area contributed by atoms with Crippen LogP contribution >= 0.6 is 0 Å². The van der Waals surface area contributed by atoms with Crippen molar-refractivity contribution in [1.82, 2.24) is 0 Å². The lowest BCUT2D eigenvalue weighted by Crippen LogP contribution is -2.47. The number of aromatic hydroxyl groups is 1. The van der Waals surface area contributed by atoms with E-state index in [1.807, 2.05) is 12.1 Å². The molecular formula is C54H92O5. The van der Waals surface area contributed by atoms with E-state index in [4.69, 9.17) is 9.47 Å². The standard InChI is InChI=1S/C54H92O5/c1-4-6-8-10-12-14-16-18-20-22-24-26-28-30-32-34-51(56)58-50-43-49-48-38-36-44-42-45(55)37-39-46(44)47(48)40-41-54(49,3)53(50)59-52(57)35-33-31-29-27-25-23-21-19-17-15-13-11-9-7-5-2/h37,39,42,47-50,53,55H,4-36,38,40-41,43H2,1-3H3/t47-,48-,49+,50-,53+,54+/m1/s1. The van der Waals surface area contributed by atoms with Gasteiger partial charge in [0.2, 0.25) is 0 Å². The number of aryl methyl sites for hydroxylation is 1. The zero-order chi connectivity index (χ0) is 42.0. The number of esters is 2. The molecule has 2 saturated carbocycles. The second-order valence-corrected chi connectivity index (χ2v) is 19.9. The predicted octanol–water partition coefficient (Wildman–Crippen LogP) is 16.2. The summed E-state index contributed by atoms with van der Waals surface area (Å²) in [5, 5.41) is 10.2. The number of rotatable bonds is 34.